The van der Waals surface area contributed by atoms with E-state index in [1.165, 1.54) is 12.7 Å². The molecule has 194 valence electrons. The van der Waals surface area contributed by atoms with Gasteiger partial charge < -0.3 is 4.74 Å². The lowest BCUT2D eigenvalue weighted by molar-refractivity contribution is -0.188. The summed E-state index contributed by atoms with van der Waals surface area (Å²) in [7, 11) is 1.50. The van der Waals surface area contributed by atoms with Gasteiger partial charge in [0.2, 0.25) is 0 Å². The summed E-state index contributed by atoms with van der Waals surface area (Å²) >= 11 is 0. The second-order valence-electron chi connectivity index (χ2n) is 14.9. The number of ether oxygens (including phenoxy) is 1. The van der Waals surface area contributed by atoms with Crippen LogP contribution in [-0.2, 0) is 19.1 Å². The Balaban J connectivity index is 1.62. The lowest BCUT2D eigenvalue weighted by Gasteiger charge is -2.69. The fourth-order valence-corrected chi connectivity index (χ4v) is 10.4. The number of rotatable bonds is 1. The van der Waals surface area contributed by atoms with E-state index in [9.17, 15) is 14.4 Å². The van der Waals surface area contributed by atoms with Crippen molar-refractivity contribution in [3.63, 3.8) is 0 Å². The van der Waals surface area contributed by atoms with Gasteiger partial charge in [0.25, 0.3) is 0 Å². The SMILES string of the molecule is COC(=O)[C@@]1(C)CC[C@]2(C)CC[C@]3(C)C(=CC(=O)[C@@H]4[C@@]5(C)CCC(=O)C(C)(C)[C@@H]5CC[C@]43C)[C@H]2C1. The second kappa shape index (κ2) is 7.32. The van der Waals surface area contributed by atoms with Crippen LogP contribution in [0.1, 0.15) is 106 Å². The smallest absolute Gasteiger partial charge is 0.311 e. The zero-order valence-electron chi connectivity index (χ0n) is 23.3. The molecule has 0 bridgehead atoms. The lowest BCUT2D eigenvalue weighted by atomic mass is 9.33. The molecule has 0 spiro atoms. The number of hydrogen-bond acceptors (Lipinski definition) is 4. The van der Waals surface area contributed by atoms with E-state index in [1.54, 1.807) is 0 Å². The third-order valence-electron chi connectivity index (χ3n) is 13.0. The highest BCUT2D eigenvalue weighted by Crippen LogP contribution is 2.74. The molecule has 4 saturated carbocycles. The van der Waals surface area contributed by atoms with Crippen molar-refractivity contribution in [2.45, 2.75) is 106 Å². The summed E-state index contributed by atoms with van der Waals surface area (Å²) in [6.07, 6.45) is 10.3. The van der Waals surface area contributed by atoms with Crippen LogP contribution in [0.2, 0.25) is 0 Å². The largest absolute Gasteiger partial charge is 0.469 e. The molecule has 4 heteroatoms. The summed E-state index contributed by atoms with van der Waals surface area (Å²) < 4.78 is 5.24. The third kappa shape index (κ3) is 3.00. The summed E-state index contributed by atoms with van der Waals surface area (Å²) in [6, 6.07) is 0. The maximum absolute atomic E-state index is 14.3. The first-order valence-electron chi connectivity index (χ1n) is 14.0. The van der Waals surface area contributed by atoms with Crippen molar-refractivity contribution in [1.29, 1.82) is 0 Å². The maximum atomic E-state index is 14.3. The van der Waals surface area contributed by atoms with Crippen molar-refractivity contribution in [2.24, 2.45) is 50.2 Å². The Bertz CT molecular complexity index is 1020. The van der Waals surface area contributed by atoms with Crippen LogP contribution in [-0.4, -0.2) is 24.6 Å². The second-order valence-corrected chi connectivity index (χ2v) is 14.9. The Labute approximate surface area is 212 Å². The van der Waals surface area contributed by atoms with Crippen LogP contribution in [0.15, 0.2) is 11.6 Å². The van der Waals surface area contributed by atoms with E-state index in [-0.39, 0.29) is 56.6 Å². The predicted molar refractivity (Wildman–Crippen MR) is 136 cm³/mol. The molecule has 5 rings (SSSR count). The normalized spacial score (nSPS) is 50.7. The summed E-state index contributed by atoms with van der Waals surface area (Å²) in [5.41, 5.74) is 0.244. The van der Waals surface area contributed by atoms with Gasteiger partial charge in [-0.25, -0.2) is 0 Å². The van der Waals surface area contributed by atoms with Gasteiger partial charge in [0.15, 0.2) is 5.78 Å². The van der Waals surface area contributed by atoms with Crippen LogP contribution in [0, 0.1) is 50.2 Å². The van der Waals surface area contributed by atoms with Crippen LogP contribution in [0.5, 0.6) is 0 Å². The van der Waals surface area contributed by atoms with Gasteiger partial charge in [-0.1, -0.05) is 47.1 Å². The number of ketones is 2. The number of hydrogen-bond donors (Lipinski definition) is 0. The number of carbonyl (C=O) groups is 3. The molecule has 0 aromatic carbocycles. The van der Waals surface area contributed by atoms with Gasteiger partial charge in [-0.05, 0) is 97.9 Å². The first-order valence-corrected chi connectivity index (χ1v) is 14.0. The van der Waals surface area contributed by atoms with Crippen molar-refractivity contribution in [3.05, 3.63) is 11.6 Å². The molecule has 0 saturated heterocycles. The summed E-state index contributed by atoms with van der Waals surface area (Å²) in [5, 5.41) is 0. The molecule has 0 radical (unpaired) electrons. The van der Waals surface area contributed by atoms with E-state index in [2.05, 4.69) is 54.5 Å². The van der Waals surface area contributed by atoms with Gasteiger partial charge in [-0.2, -0.15) is 0 Å². The highest BCUT2D eigenvalue weighted by Gasteiger charge is 2.70. The van der Waals surface area contributed by atoms with Gasteiger partial charge in [0, 0.05) is 17.8 Å². The Morgan fingerprint density at radius 3 is 2.23 bits per heavy atom. The van der Waals surface area contributed by atoms with Gasteiger partial charge in [-0.15, -0.1) is 0 Å². The molecule has 0 unspecified atom stereocenters. The topological polar surface area (TPSA) is 60.4 Å². The number of esters is 1. The van der Waals surface area contributed by atoms with E-state index < -0.39 is 5.41 Å². The summed E-state index contributed by atoms with van der Waals surface area (Å²) in [4.78, 5) is 40.0. The molecule has 8 atom stereocenters. The predicted octanol–water partition coefficient (Wildman–Crippen LogP) is 6.71. The summed E-state index contributed by atoms with van der Waals surface area (Å²) in [5.74, 6) is 0.980. The Hall–Kier alpha value is -1.45. The average molecular weight is 483 g/mol. The fraction of sp³-hybridized carbons (Fsp3) is 0.839. The van der Waals surface area contributed by atoms with Gasteiger partial charge in [-0.3, -0.25) is 14.4 Å². The molecule has 0 aliphatic heterocycles. The first kappa shape index (κ1) is 25.2. The van der Waals surface area contributed by atoms with E-state index in [0.29, 0.717) is 12.2 Å². The average Bonchev–Trinajstić information content (AvgIpc) is 2.78. The molecule has 4 fully saturated rings. The molecular weight excluding hydrogens is 436 g/mol. The zero-order valence-corrected chi connectivity index (χ0v) is 23.3. The Morgan fingerprint density at radius 2 is 1.57 bits per heavy atom. The molecule has 0 aromatic heterocycles. The monoisotopic (exact) mass is 482 g/mol. The van der Waals surface area contributed by atoms with Crippen molar-refractivity contribution < 1.29 is 19.1 Å². The molecular formula is C31H46O4. The minimum absolute atomic E-state index is 0.0465. The number of allylic oxidation sites excluding steroid dienone is 2. The van der Waals surface area contributed by atoms with Gasteiger partial charge in [0.1, 0.15) is 5.78 Å². The summed E-state index contributed by atoms with van der Waals surface area (Å²) in [6.45, 7) is 15.9. The number of methoxy groups -OCH3 is 1. The molecule has 35 heavy (non-hydrogen) atoms. The van der Waals surface area contributed by atoms with Gasteiger partial charge >= 0.3 is 5.97 Å². The minimum atomic E-state index is -0.490. The van der Waals surface area contributed by atoms with Crippen LogP contribution in [0.25, 0.3) is 0 Å². The van der Waals surface area contributed by atoms with Crippen LogP contribution in [0.3, 0.4) is 0 Å². The molecule has 0 N–H and O–H groups in total. The molecule has 0 aromatic rings. The molecule has 4 nitrogen and oxygen atoms in total. The van der Waals surface area contributed by atoms with E-state index in [4.69, 9.17) is 4.74 Å². The Kier molecular flexibility index (Phi) is 5.27. The lowest BCUT2D eigenvalue weighted by Crippen LogP contribution is -2.66. The first-order chi connectivity index (χ1) is 16.1. The highest BCUT2D eigenvalue weighted by molar-refractivity contribution is 5.96. The number of Topliss-reactive ketones (excluding diaryl/α,β-unsaturated/α-hetero) is 1. The van der Waals surface area contributed by atoms with Crippen molar-refractivity contribution in [3.8, 4) is 0 Å². The number of fused-ring (bicyclic) bond motifs is 7. The standard InChI is InChI=1S/C31H46O4/c1-26(2)22-9-12-31(7)24(29(22,5)11-10-23(26)33)21(32)17-19-20-18-28(4,25(34)35-8)14-13-27(20,3)15-16-30(19,31)6/h17,20,22,24H,9-16,18H2,1-8H3/t20-,22+,24-,27-,28+,29+,30-,31-/m1/s1. The van der Waals surface area contributed by atoms with Crippen molar-refractivity contribution in [2.75, 3.05) is 7.11 Å². The maximum Gasteiger partial charge on any atom is 0.311 e. The van der Waals surface area contributed by atoms with Crippen LogP contribution < -0.4 is 0 Å². The molecule has 0 heterocycles. The Morgan fingerprint density at radius 1 is 0.914 bits per heavy atom. The van der Waals surface area contributed by atoms with E-state index in [1.807, 2.05) is 0 Å². The minimum Gasteiger partial charge on any atom is -0.469 e. The van der Waals surface area contributed by atoms with E-state index in [0.717, 1.165) is 51.4 Å². The highest BCUT2D eigenvalue weighted by atomic mass is 16.5. The van der Waals surface area contributed by atoms with Crippen molar-refractivity contribution in [1.82, 2.24) is 0 Å². The van der Waals surface area contributed by atoms with Gasteiger partial charge in [0.05, 0.1) is 12.5 Å². The molecule has 5 aliphatic rings. The number of carbonyl (C=O) groups excluding carboxylic acids is 3. The molecule has 0 amide bonds. The fourth-order valence-electron chi connectivity index (χ4n) is 10.4. The molecule has 5 aliphatic carbocycles. The quantitative estimate of drug-likeness (QED) is 0.390. The van der Waals surface area contributed by atoms with E-state index >= 15 is 0 Å². The zero-order chi connectivity index (χ0) is 25.8. The van der Waals surface area contributed by atoms with Crippen molar-refractivity contribution >= 4 is 17.5 Å². The van der Waals surface area contributed by atoms with Crippen LogP contribution in [0.4, 0.5) is 0 Å². The van der Waals surface area contributed by atoms with Crippen LogP contribution >= 0.6 is 0 Å². The third-order valence-corrected chi connectivity index (χ3v) is 13.0.